The molecular weight excluding hydrogens is 528 g/mol. The fourth-order valence-corrected chi connectivity index (χ4v) is 5.64. The second kappa shape index (κ2) is 13.3. The molecular formula is C33H42N6O3. The van der Waals surface area contributed by atoms with Crippen molar-refractivity contribution in [3.05, 3.63) is 59.9 Å². The Morgan fingerprint density at radius 3 is 2.60 bits per heavy atom. The van der Waals surface area contributed by atoms with Crippen molar-refractivity contribution < 1.29 is 14.3 Å². The van der Waals surface area contributed by atoms with Crippen molar-refractivity contribution in [3.63, 3.8) is 0 Å². The molecule has 9 heteroatoms. The summed E-state index contributed by atoms with van der Waals surface area (Å²) >= 11 is 0. The van der Waals surface area contributed by atoms with Gasteiger partial charge in [0.05, 0.1) is 6.61 Å². The number of anilines is 4. The van der Waals surface area contributed by atoms with Crippen LogP contribution in [-0.2, 0) is 9.47 Å². The van der Waals surface area contributed by atoms with E-state index in [1.165, 1.54) is 12.8 Å². The fourth-order valence-electron chi connectivity index (χ4n) is 5.64. The van der Waals surface area contributed by atoms with Crippen LogP contribution in [0.2, 0.25) is 0 Å². The third kappa shape index (κ3) is 6.57. The van der Waals surface area contributed by atoms with Crippen LogP contribution in [0, 0.1) is 11.3 Å². The summed E-state index contributed by atoms with van der Waals surface area (Å²) in [5, 5.41) is 12.6. The average Bonchev–Trinajstić information content (AvgIpc) is 3.56. The molecule has 222 valence electrons. The van der Waals surface area contributed by atoms with Gasteiger partial charge in [-0.05, 0) is 80.5 Å². The number of carbonyl (C=O) groups excluding carboxylic acids is 1. The zero-order valence-electron chi connectivity index (χ0n) is 25.2. The van der Waals surface area contributed by atoms with Crippen molar-refractivity contribution in [2.24, 2.45) is 5.92 Å². The number of nitrogens with one attached hydrogen (secondary N) is 2. The highest BCUT2D eigenvalue weighted by Gasteiger charge is 2.25. The molecule has 9 nitrogen and oxygen atoms in total. The van der Waals surface area contributed by atoms with Crippen molar-refractivity contribution in [1.29, 1.82) is 5.41 Å². The molecule has 2 saturated heterocycles. The van der Waals surface area contributed by atoms with E-state index < -0.39 is 5.97 Å². The molecule has 2 aromatic heterocycles. The van der Waals surface area contributed by atoms with Crippen molar-refractivity contribution >= 4 is 34.7 Å². The Bertz CT molecular complexity index is 1400. The second-order valence-electron chi connectivity index (χ2n) is 11.3. The van der Waals surface area contributed by atoms with Crippen LogP contribution in [-0.4, -0.2) is 67.6 Å². The summed E-state index contributed by atoms with van der Waals surface area (Å²) in [6.07, 6.45) is 6.15. The number of esters is 1. The van der Waals surface area contributed by atoms with Gasteiger partial charge in [-0.2, -0.15) is 0 Å². The van der Waals surface area contributed by atoms with Gasteiger partial charge in [0.25, 0.3) is 0 Å². The van der Waals surface area contributed by atoms with Gasteiger partial charge in [-0.3, -0.25) is 0 Å². The summed E-state index contributed by atoms with van der Waals surface area (Å²) in [4.78, 5) is 27.1. The van der Waals surface area contributed by atoms with E-state index in [-0.39, 0.29) is 18.2 Å². The first-order valence-electron chi connectivity index (χ1n) is 15.1. The molecule has 1 aromatic carbocycles. The van der Waals surface area contributed by atoms with Gasteiger partial charge >= 0.3 is 5.97 Å². The van der Waals surface area contributed by atoms with Crippen LogP contribution >= 0.6 is 0 Å². The van der Waals surface area contributed by atoms with E-state index >= 15 is 0 Å². The number of hydrogen-bond donors (Lipinski definition) is 2. The number of carbonyl (C=O) groups is 1. The normalized spacial score (nSPS) is 15.6. The molecule has 2 fully saturated rings. The molecule has 2 aliphatic heterocycles. The molecule has 0 atom stereocenters. The summed E-state index contributed by atoms with van der Waals surface area (Å²) in [5.41, 5.74) is 4.79. The summed E-state index contributed by atoms with van der Waals surface area (Å²) < 4.78 is 10.9. The van der Waals surface area contributed by atoms with Crippen molar-refractivity contribution in [2.75, 3.05) is 55.1 Å². The maximum absolute atomic E-state index is 13.0. The lowest BCUT2D eigenvalue weighted by Crippen LogP contribution is -2.37. The zero-order chi connectivity index (χ0) is 29.6. The minimum atomic E-state index is -0.501. The third-order valence-electron chi connectivity index (χ3n) is 8.09. The Balaban J connectivity index is 1.57. The topological polar surface area (TPSA) is 104 Å². The van der Waals surface area contributed by atoms with Gasteiger partial charge < -0.3 is 30.0 Å². The Morgan fingerprint density at radius 1 is 1.17 bits per heavy atom. The predicted molar refractivity (Wildman–Crippen MR) is 169 cm³/mol. The minimum absolute atomic E-state index is 0.0673. The highest BCUT2D eigenvalue weighted by Crippen LogP contribution is 2.35. The Morgan fingerprint density at radius 2 is 1.93 bits per heavy atom. The van der Waals surface area contributed by atoms with Crippen molar-refractivity contribution in [3.8, 4) is 11.1 Å². The van der Waals surface area contributed by atoms with Crippen LogP contribution in [0.1, 0.15) is 62.5 Å². The van der Waals surface area contributed by atoms with E-state index in [0.29, 0.717) is 23.1 Å². The van der Waals surface area contributed by atoms with E-state index in [2.05, 4.69) is 34.3 Å². The second-order valence-corrected chi connectivity index (χ2v) is 11.3. The van der Waals surface area contributed by atoms with Crippen LogP contribution in [0.25, 0.3) is 11.1 Å². The third-order valence-corrected chi connectivity index (χ3v) is 8.09. The van der Waals surface area contributed by atoms with E-state index in [1.54, 1.807) is 13.0 Å². The largest absolute Gasteiger partial charge is 0.461 e. The van der Waals surface area contributed by atoms with Crippen LogP contribution in [0.5, 0.6) is 0 Å². The molecule has 2 N–H and O–H groups in total. The maximum Gasteiger partial charge on any atom is 0.357 e. The number of ether oxygens (including phenoxy) is 2. The monoisotopic (exact) mass is 570 g/mol. The van der Waals surface area contributed by atoms with Gasteiger partial charge in [-0.25, -0.2) is 14.8 Å². The average molecular weight is 571 g/mol. The van der Waals surface area contributed by atoms with Crippen LogP contribution < -0.4 is 15.1 Å². The van der Waals surface area contributed by atoms with Gasteiger partial charge in [0.1, 0.15) is 11.6 Å². The quantitative estimate of drug-likeness (QED) is 0.216. The van der Waals surface area contributed by atoms with Gasteiger partial charge in [-0.15, -0.1) is 0 Å². The minimum Gasteiger partial charge on any atom is -0.461 e. The van der Waals surface area contributed by atoms with E-state index in [4.69, 9.17) is 24.9 Å². The summed E-state index contributed by atoms with van der Waals surface area (Å²) in [6, 6.07) is 14.4. The number of benzene rings is 1. The molecule has 0 unspecified atom stereocenters. The summed E-state index contributed by atoms with van der Waals surface area (Å²) in [6.45, 7) is 9.62. The Kier molecular flexibility index (Phi) is 9.37. The maximum atomic E-state index is 13.0. The van der Waals surface area contributed by atoms with E-state index in [0.717, 1.165) is 67.5 Å². The first kappa shape index (κ1) is 29.5. The predicted octanol–water partition coefficient (Wildman–Crippen LogP) is 6.30. The molecule has 42 heavy (non-hydrogen) atoms. The van der Waals surface area contributed by atoms with Crippen LogP contribution in [0.4, 0.5) is 23.0 Å². The van der Waals surface area contributed by atoms with Gasteiger partial charge in [0.2, 0.25) is 0 Å². The molecule has 4 heterocycles. The molecule has 0 saturated carbocycles. The smallest absolute Gasteiger partial charge is 0.357 e. The first-order valence-corrected chi connectivity index (χ1v) is 15.1. The summed E-state index contributed by atoms with van der Waals surface area (Å²) in [5.74, 6) is 0.764. The van der Waals surface area contributed by atoms with Crippen LogP contribution in [0.15, 0.2) is 48.7 Å². The molecule has 0 aliphatic carbocycles. The molecule has 5 rings (SSSR count). The number of rotatable bonds is 10. The molecule has 0 bridgehead atoms. The fraction of sp³-hybridized carbons (Fsp3) is 0.455. The molecule has 2 aliphatic rings. The zero-order valence-corrected chi connectivity index (χ0v) is 25.2. The van der Waals surface area contributed by atoms with Crippen molar-refractivity contribution in [1.82, 2.24) is 9.97 Å². The standard InChI is InChI=1S/C33H42N6O3/c1-5-42-33(40)28-20-27(23-11-12-29(35-21-23)38(4)25-13-17-41-18-14-25)30(31(34)22(2)3)32(37-28)36-24-9-8-10-26(19-24)39-15-6-7-16-39/h8-12,19-22,25,34H,5-7,13-18H2,1-4H3,(H,36,37). The van der Waals surface area contributed by atoms with Gasteiger partial charge in [0, 0.05) is 73.8 Å². The molecule has 0 radical (unpaired) electrons. The first-order chi connectivity index (χ1) is 20.4. The number of hydrogen-bond acceptors (Lipinski definition) is 9. The highest BCUT2D eigenvalue weighted by molar-refractivity contribution is 6.10. The lowest BCUT2D eigenvalue weighted by molar-refractivity contribution is 0.0519. The molecule has 0 spiro atoms. The highest BCUT2D eigenvalue weighted by atomic mass is 16.5. The van der Waals surface area contributed by atoms with E-state index in [1.807, 2.05) is 44.3 Å². The van der Waals surface area contributed by atoms with E-state index in [9.17, 15) is 4.79 Å². The number of pyridine rings is 2. The SMILES string of the molecule is CCOC(=O)c1cc(-c2ccc(N(C)C3CCOCC3)nc2)c(C(=N)C(C)C)c(Nc2cccc(N3CCCC3)c2)n1. The van der Waals surface area contributed by atoms with Gasteiger partial charge in [0.15, 0.2) is 5.69 Å². The van der Waals surface area contributed by atoms with Crippen LogP contribution in [0.3, 0.4) is 0 Å². The lowest BCUT2D eigenvalue weighted by atomic mass is 9.92. The molecule has 3 aromatic rings. The number of nitrogens with zero attached hydrogens (tertiary/aromatic N) is 4. The van der Waals surface area contributed by atoms with Crippen molar-refractivity contribution in [2.45, 2.75) is 52.5 Å². The number of aromatic nitrogens is 2. The Labute approximate surface area is 248 Å². The Hall–Kier alpha value is -3.98. The molecule has 0 amide bonds. The summed E-state index contributed by atoms with van der Waals surface area (Å²) in [7, 11) is 2.07. The van der Waals surface area contributed by atoms with Gasteiger partial charge in [-0.1, -0.05) is 19.9 Å². The lowest BCUT2D eigenvalue weighted by Gasteiger charge is -2.32.